The van der Waals surface area contributed by atoms with Crippen LogP contribution in [0.3, 0.4) is 0 Å². The second-order valence-corrected chi connectivity index (χ2v) is 36.3. The molecular weight excluding hydrogens is 1800 g/mol. The number of unbranched alkanes of at least 4 members (excludes halogenated alkanes) is 2. The van der Waals surface area contributed by atoms with E-state index in [0.29, 0.717) is 66.1 Å². The van der Waals surface area contributed by atoms with E-state index in [9.17, 15) is 91.3 Å². The number of β-amino-alcohol motifs (C(OH)–C–C–N with tert-alkyl or cyclic N) is 1. The molecule has 1 aliphatic carbocycles. The van der Waals surface area contributed by atoms with Crippen molar-refractivity contribution in [3.05, 3.63) is 108 Å². The molecule has 15 atom stereocenters. The molecular formula is C93H129FN22O22. The van der Waals surface area contributed by atoms with Gasteiger partial charge in [-0.25, -0.2) is 4.39 Å². The minimum atomic E-state index is -1.78. The highest BCUT2D eigenvalue weighted by Crippen LogP contribution is 2.46. The maximum atomic E-state index is 15.5. The summed E-state index contributed by atoms with van der Waals surface area (Å²) in [5.74, 6) is -19.2. The number of carbonyl (C=O) groups is 20. The van der Waals surface area contributed by atoms with E-state index in [1.165, 1.54) is 37.0 Å². The van der Waals surface area contributed by atoms with Crippen molar-refractivity contribution in [3.63, 3.8) is 0 Å². The maximum Gasteiger partial charge on any atom is 0.323 e. The zero-order chi connectivity index (χ0) is 101. The van der Waals surface area contributed by atoms with E-state index < -0.39 is 260 Å². The number of hydrogen-bond acceptors (Lipinski definition) is 23. The Morgan fingerprint density at radius 3 is 1.70 bits per heavy atom. The zero-order valence-electron chi connectivity index (χ0n) is 78.3. The molecule has 3 aromatic carbocycles. The Balaban J connectivity index is 0.865. The number of carboxylic acid groups (broad SMARTS) is 1. The highest BCUT2D eigenvalue weighted by Gasteiger charge is 2.65. The van der Waals surface area contributed by atoms with Crippen LogP contribution in [0.2, 0.25) is 0 Å². The fourth-order valence-corrected chi connectivity index (χ4v) is 18.0. The molecule has 44 nitrogen and oxygen atoms in total. The number of aliphatic hydroxyl groups is 1. The Kier molecular flexibility index (Phi) is 38.9. The largest absolute Gasteiger partial charge is 0.480 e. The number of likely N-dealkylation sites (tertiary alicyclic amines) is 3. The fourth-order valence-electron chi connectivity index (χ4n) is 18.0. The highest BCUT2D eigenvalue weighted by atomic mass is 19.1. The molecule has 0 unspecified atom stereocenters. The molecule has 1 spiro atoms. The third-order valence-electron chi connectivity index (χ3n) is 25.4. The van der Waals surface area contributed by atoms with E-state index in [-0.39, 0.29) is 108 Å². The average Bonchev–Trinajstić information content (AvgIpc) is 1.55. The lowest BCUT2D eigenvalue weighted by molar-refractivity contribution is -0.149. The van der Waals surface area contributed by atoms with E-state index >= 15 is 19.2 Å². The number of rotatable bonds is 53. The van der Waals surface area contributed by atoms with E-state index in [0.717, 1.165) is 47.5 Å². The normalized spacial score (nSPS) is 18.6. The smallest absolute Gasteiger partial charge is 0.323 e. The molecule has 9 rings (SSSR count). The van der Waals surface area contributed by atoms with Gasteiger partial charge in [0.25, 0.3) is 0 Å². The third kappa shape index (κ3) is 29.1. The topological polar surface area (TPSA) is 683 Å². The molecule has 3 aliphatic heterocycles. The monoisotopic (exact) mass is 1920 g/mol. The Morgan fingerprint density at radius 1 is 0.551 bits per heavy atom. The summed E-state index contributed by atoms with van der Waals surface area (Å²) in [6.45, 7) is 4.94. The summed E-state index contributed by atoms with van der Waals surface area (Å²) >= 11 is 0. The first-order chi connectivity index (χ1) is 65.4. The minimum absolute atomic E-state index is 0.000376. The van der Waals surface area contributed by atoms with Crippen LogP contribution in [0.15, 0.2) is 85.2 Å². The number of aliphatic carboxylic acids is 1. The van der Waals surface area contributed by atoms with Gasteiger partial charge in [0.15, 0.2) is 5.78 Å². The van der Waals surface area contributed by atoms with Crippen molar-refractivity contribution in [3.8, 4) is 0 Å². The van der Waals surface area contributed by atoms with Crippen LogP contribution < -0.4 is 82.3 Å². The number of aromatic amines is 1. The summed E-state index contributed by atoms with van der Waals surface area (Å²) < 4.78 is 15.9. The Hall–Kier alpha value is -13.9. The Labute approximate surface area is 795 Å². The molecule has 750 valence electrons. The number of carboxylic acids is 1. The Morgan fingerprint density at radius 2 is 1.09 bits per heavy atom. The molecule has 4 aliphatic rings. The molecule has 4 fully saturated rings. The number of amides is 18. The first-order valence-corrected chi connectivity index (χ1v) is 46.5. The van der Waals surface area contributed by atoms with Gasteiger partial charge in [-0.05, 0) is 118 Å². The second-order valence-electron chi connectivity index (χ2n) is 36.3. The lowest BCUT2D eigenvalue weighted by Gasteiger charge is -2.38. The summed E-state index contributed by atoms with van der Waals surface area (Å²) in [5.41, 5.74) is 35.9. The summed E-state index contributed by atoms with van der Waals surface area (Å²) in [6, 6.07) is -0.697. The van der Waals surface area contributed by atoms with Crippen LogP contribution in [0.5, 0.6) is 0 Å². The number of carbonyl (C=O) groups excluding carboxylic acids is 19. The number of fused-ring (bicyclic) bond motifs is 2. The van der Waals surface area contributed by atoms with Crippen LogP contribution in [0.25, 0.3) is 21.8 Å². The van der Waals surface area contributed by atoms with Crippen LogP contribution in [0.4, 0.5) is 4.39 Å². The predicted octanol–water partition coefficient (Wildman–Crippen LogP) is -3.31. The molecule has 3 saturated heterocycles. The van der Waals surface area contributed by atoms with Crippen molar-refractivity contribution >= 4 is 140 Å². The lowest BCUT2D eigenvalue weighted by atomic mass is 9.97. The quantitative estimate of drug-likeness (QED) is 0.0181. The standard InChI is InChI=1S/C93H129FN22O22/c1-7-9-21-69(111(5)92(138)72(22-10-8-2)112(6)88(134)65(39-53-47-113(49-79(124)125)68-23-14-12-19-57(53)68)108-84(130)63(40-76(98)121)106-81(127)58(95)38-52-44-102-59-20-13-11-18-56(52)59)85(131)107-62(36-50(3)4)83(129)110-67(80(100)126)45-101-46-78(123)103-64(37-51-26-28-54(94)29-27-51)89(135)114-34-16-15-24-70(114)87(133)109-66(41-77(99)122)90(136)115-35-17-25-71(115)86(132)104-60(30-32-74(96)119)82(128)105-61(31-33-75(97)120)91(137)116-48-55(117)42-93(116)43-73(93)118/h11-14,18-20,23,26-29,44,47,50,55,58,60-67,69-72,101-102,117H,7-10,15-17,21-22,24-25,30-43,45-46,48-49,95H2,1-6H3,(H2,96,119)(H2,97,120)(H2,98,121)(H2,99,122)(H2,100,126)(H,103,123)(H,104,132)(H,105,128)(H,106,127)(H,107,131)(H,108,130)(H,109,133)(H,110,129)(H,124,125)/t55-,58+,60+,61+,62+,63+,64+,65+,66+,67+,69+,70+,71+,72+,93-/m1/s1. The summed E-state index contributed by atoms with van der Waals surface area (Å²) in [7, 11) is 2.68. The summed E-state index contributed by atoms with van der Waals surface area (Å²) in [6.07, 6.45) is 0.427. The van der Waals surface area contributed by atoms with Crippen LogP contribution in [-0.2, 0) is 122 Å². The van der Waals surface area contributed by atoms with Crippen molar-refractivity contribution in [2.75, 3.05) is 46.8 Å². The minimum Gasteiger partial charge on any atom is -0.480 e. The number of nitrogens with two attached hydrogens (primary N) is 6. The lowest BCUT2D eigenvalue weighted by Crippen LogP contribution is -2.61. The number of Topliss-reactive ketones (excluding diaryl/α,β-unsaturated/α-hetero) is 1. The summed E-state index contributed by atoms with van der Waals surface area (Å²) in [5, 5.41) is 45.2. The van der Waals surface area contributed by atoms with Crippen LogP contribution >= 0.6 is 0 Å². The number of primary amides is 5. The number of halogens is 1. The number of hydrogen-bond donors (Lipinski definition) is 18. The molecule has 5 heterocycles. The average molecular weight is 1930 g/mol. The number of H-pyrrole nitrogens is 1. The number of para-hydroxylation sites is 2. The van der Waals surface area contributed by atoms with Crippen molar-refractivity contribution in [2.24, 2.45) is 40.3 Å². The van der Waals surface area contributed by atoms with Crippen LogP contribution in [-0.4, -0.2) is 299 Å². The van der Waals surface area contributed by atoms with Crippen molar-refractivity contribution in [2.45, 2.75) is 272 Å². The van der Waals surface area contributed by atoms with Crippen LogP contribution in [0, 0.1) is 11.7 Å². The first-order valence-electron chi connectivity index (χ1n) is 46.5. The molecule has 2 aromatic heterocycles. The molecule has 5 aromatic rings. The molecule has 45 heteroatoms. The third-order valence-corrected chi connectivity index (χ3v) is 25.4. The van der Waals surface area contributed by atoms with Gasteiger partial charge >= 0.3 is 5.97 Å². The Bertz CT molecular complexity index is 5340. The number of aromatic nitrogens is 2. The van der Waals surface area contributed by atoms with Gasteiger partial charge in [0, 0.05) is 113 Å². The molecule has 1 saturated carbocycles. The van der Waals surface area contributed by atoms with E-state index in [4.69, 9.17) is 34.4 Å². The van der Waals surface area contributed by atoms with Gasteiger partial charge in [-0.2, -0.15) is 0 Å². The van der Waals surface area contributed by atoms with Gasteiger partial charge in [-0.15, -0.1) is 0 Å². The maximum absolute atomic E-state index is 15.5. The fraction of sp³-hybridized carbons (Fsp3) is 0.548. The number of likely N-dealkylation sites (N-methyl/N-ethyl adjacent to an activating group) is 2. The highest BCUT2D eigenvalue weighted by molar-refractivity contribution is 6.09. The molecule has 0 bridgehead atoms. The number of aliphatic hydroxyl groups excluding tert-OH is 1. The molecule has 24 N–H and O–H groups in total. The van der Waals surface area contributed by atoms with Gasteiger partial charge in [0.05, 0.1) is 31.5 Å². The van der Waals surface area contributed by atoms with Crippen molar-refractivity contribution in [1.29, 1.82) is 0 Å². The van der Waals surface area contributed by atoms with Crippen LogP contribution in [0.1, 0.15) is 173 Å². The predicted molar refractivity (Wildman–Crippen MR) is 496 cm³/mol. The number of nitrogens with zero attached hydrogens (tertiary/aromatic N) is 6. The van der Waals surface area contributed by atoms with Crippen molar-refractivity contribution in [1.82, 2.24) is 81.9 Å². The van der Waals surface area contributed by atoms with E-state index in [1.807, 2.05) is 32.0 Å². The SMILES string of the molecule is CCCC[C@@H](C(=O)N(C)[C@@H](CCCC)C(=O)N[C@@H](CC(C)C)C(=O)N[C@@H](CNCC(=O)N[C@@H](Cc1ccc(F)cc1)C(=O)N1CCCC[C@H]1C(=O)N[C@@H](CC(N)=O)C(=O)N1CCC[C@H]1C(=O)N[C@@H](CCC(N)=O)C(=O)N[C@@H](CCC(N)=O)C(=O)N1C[C@H](O)C[C@]12CC2=O)C(N)=O)N(C)C(=O)[C@H](Cc1cn(CC(=O)O)c2ccccc12)NC(=O)[C@H](CC(N)=O)NC(=O)[C@@H](N)Cc1c[nH]c2ccccc12. The van der Waals surface area contributed by atoms with Gasteiger partial charge < -0.3 is 127 Å². The van der Waals surface area contributed by atoms with Gasteiger partial charge in [0.2, 0.25) is 106 Å². The van der Waals surface area contributed by atoms with E-state index in [2.05, 4.69) is 52.8 Å². The summed E-state index contributed by atoms with van der Waals surface area (Å²) in [4.78, 5) is 287. The van der Waals surface area contributed by atoms with Gasteiger partial charge in [-0.3, -0.25) is 95.9 Å². The first kappa shape index (κ1) is 108. The van der Waals surface area contributed by atoms with Gasteiger partial charge in [0.1, 0.15) is 90.4 Å². The second kappa shape index (κ2) is 49.8. The molecule has 18 amide bonds. The number of piperidine rings is 1. The zero-order valence-corrected chi connectivity index (χ0v) is 78.3. The number of nitrogens with one attached hydrogen (secondary N) is 10. The molecule has 0 radical (unpaired) electrons. The van der Waals surface area contributed by atoms with E-state index in [1.54, 1.807) is 50.4 Å². The van der Waals surface area contributed by atoms with Gasteiger partial charge in [-0.1, -0.05) is 102 Å². The number of ketones is 1. The van der Waals surface area contributed by atoms with Crippen molar-refractivity contribution < 1.29 is 110 Å². The molecule has 138 heavy (non-hydrogen) atoms. The number of benzene rings is 3.